The van der Waals surface area contributed by atoms with Crippen molar-refractivity contribution in [3.63, 3.8) is 0 Å². The minimum absolute atomic E-state index is 0.0698. The van der Waals surface area contributed by atoms with Crippen molar-refractivity contribution in [2.24, 2.45) is 0 Å². The average Bonchev–Trinajstić information content (AvgIpc) is 3.82. The van der Waals surface area contributed by atoms with Crippen LogP contribution in [0.15, 0.2) is 229 Å². The van der Waals surface area contributed by atoms with Crippen molar-refractivity contribution in [3.8, 4) is 11.1 Å². The molecule has 56 heavy (non-hydrogen) atoms. The second-order valence-corrected chi connectivity index (χ2v) is 14.4. The van der Waals surface area contributed by atoms with Crippen LogP contribution < -0.4 is 4.90 Å². The molecule has 0 radical (unpaired) electrons. The van der Waals surface area contributed by atoms with Crippen molar-refractivity contribution in [2.75, 3.05) is 4.90 Å². The molecule has 0 spiro atoms. The van der Waals surface area contributed by atoms with Crippen LogP contribution in [0.4, 0.5) is 11.4 Å². The van der Waals surface area contributed by atoms with E-state index < -0.39 is 0 Å². The third kappa shape index (κ3) is 5.33. The van der Waals surface area contributed by atoms with Crippen molar-refractivity contribution in [1.82, 2.24) is 0 Å². The minimum atomic E-state index is -0.164. The smallest absolute Gasteiger partial charge is 0.159 e. The molecule has 0 bridgehead atoms. The van der Waals surface area contributed by atoms with Crippen molar-refractivity contribution >= 4 is 50.0 Å². The fraction of sp³-hybridized carbons (Fsp3) is 0.0370. The quantitative estimate of drug-likeness (QED) is 0.146. The van der Waals surface area contributed by atoms with Gasteiger partial charge in [-0.2, -0.15) is 0 Å². The van der Waals surface area contributed by atoms with Crippen LogP contribution in [0.3, 0.4) is 0 Å². The van der Waals surface area contributed by atoms with Crippen LogP contribution in [0, 0.1) is 0 Å². The number of fused-ring (bicyclic) bond motifs is 6. The van der Waals surface area contributed by atoms with Crippen LogP contribution in [0.1, 0.15) is 28.2 Å². The highest BCUT2D eigenvalue weighted by molar-refractivity contribution is 6.15. The first-order chi connectivity index (χ1) is 27.7. The lowest BCUT2D eigenvalue weighted by molar-refractivity contribution is 0.665. The summed E-state index contributed by atoms with van der Waals surface area (Å²) in [4.78, 5) is 2.57. The molecule has 0 N–H and O–H groups in total. The zero-order valence-electron chi connectivity index (χ0n) is 31.0. The molecule has 266 valence electrons. The molecule has 8 aromatic rings. The number of para-hydroxylation sites is 2. The molecule has 0 fully saturated rings. The van der Waals surface area contributed by atoms with Crippen LogP contribution in [0.5, 0.6) is 0 Å². The van der Waals surface area contributed by atoms with Crippen molar-refractivity contribution in [1.29, 1.82) is 0 Å². The van der Waals surface area contributed by atoms with E-state index in [-0.39, 0.29) is 12.0 Å². The molecule has 1 aromatic heterocycles. The van der Waals surface area contributed by atoms with Gasteiger partial charge in [-0.05, 0) is 85.5 Å². The molecule has 1 aliphatic carbocycles. The molecule has 2 unspecified atom stereocenters. The van der Waals surface area contributed by atoms with E-state index in [1.54, 1.807) is 0 Å². The summed E-state index contributed by atoms with van der Waals surface area (Å²) in [6.45, 7) is 8.61. The van der Waals surface area contributed by atoms with E-state index in [4.69, 9.17) is 4.42 Å². The summed E-state index contributed by atoms with van der Waals surface area (Å²) in [6.07, 6.45) is 5.98. The Morgan fingerprint density at radius 1 is 0.518 bits per heavy atom. The number of nitrogens with zero attached hydrogens (tertiary/aromatic N) is 1. The van der Waals surface area contributed by atoms with Gasteiger partial charge in [0.25, 0.3) is 0 Å². The maximum atomic E-state index is 6.85. The molecular weight excluding hydrogens is 679 g/mol. The summed E-state index contributed by atoms with van der Waals surface area (Å²) < 4.78 is 6.85. The molecule has 0 amide bonds. The number of hydrogen-bond donors (Lipinski definition) is 0. The zero-order valence-corrected chi connectivity index (χ0v) is 31.0. The highest BCUT2D eigenvalue weighted by Gasteiger charge is 2.49. The Morgan fingerprint density at radius 3 is 1.77 bits per heavy atom. The molecule has 7 aromatic carbocycles. The number of anilines is 2. The van der Waals surface area contributed by atoms with Crippen molar-refractivity contribution in [3.05, 3.63) is 247 Å². The fourth-order valence-electron chi connectivity index (χ4n) is 9.14. The first kappa shape index (κ1) is 33.4. The Labute approximate surface area is 328 Å². The third-order valence-electron chi connectivity index (χ3n) is 11.4. The van der Waals surface area contributed by atoms with Gasteiger partial charge in [0, 0.05) is 22.4 Å². The second kappa shape index (κ2) is 13.9. The number of allylic oxidation sites excluding steroid dienone is 6. The standard InChI is InChI=1S/C54H39NO/c1-3-20-36(4-2)48-49(38-23-11-6-12-24-38)50(39-25-13-7-14-26-39)52-44-35-41(37-21-9-5-10-22-37)33-34-45(44)55(53(52)51(48)40-27-15-8-16-28-40)46-31-19-30-43-42-29-17-18-32-47(42)56-54(43)46/h3-35,52-53H,1-2H2/b36-20+. The lowest BCUT2D eigenvalue weighted by Crippen LogP contribution is -2.35. The summed E-state index contributed by atoms with van der Waals surface area (Å²) >= 11 is 0. The van der Waals surface area contributed by atoms with E-state index in [1.165, 1.54) is 39.0 Å². The van der Waals surface area contributed by atoms with Crippen LogP contribution in [0.2, 0.25) is 0 Å². The third-order valence-corrected chi connectivity index (χ3v) is 11.4. The summed E-state index contributed by atoms with van der Waals surface area (Å²) in [7, 11) is 0. The van der Waals surface area contributed by atoms with Crippen LogP contribution >= 0.6 is 0 Å². The molecule has 1 aliphatic heterocycles. The van der Waals surface area contributed by atoms with E-state index in [0.29, 0.717) is 0 Å². The Hall–Kier alpha value is -7.16. The van der Waals surface area contributed by atoms with Gasteiger partial charge in [0.15, 0.2) is 5.58 Å². The molecule has 2 aliphatic rings. The van der Waals surface area contributed by atoms with E-state index in [0.717, 1.165) is 55.6 Å². The Morgan fingerprint density at radius 2 is 1.11 bits per heavy atom. The Kier molecular flexibility index (Phi) is 8.30. The van der Waals surface area contributed by atoms with Gasteiger partial charge in [0.2, 0.25) is 0 Å². The summed E-state index contributed by atoms with van der Waals surface area (Å²) in [5.41, 5.74) is 17.0. The van der Waals surface area contributed by atoms with E-state index in [1.807, 2.05) is 18.2 Å². The van der Waals surface area contributed by atoms with Gasteiger partial charge >= 0.3 is 0 Å². The summed E-state index contributed by atoms with van der Waals surface area (Å²) in [5, 5.41) is 2.22. The van der Waals surface area contributed by atoms with Crippen LogP contribution in [-0.2, 0) is 0 Å². The van der Waals surface area contributed by atoms with E-state index in [2.05, 4.69) is 200 Å². The second-order valence-electron chi connectivity index (χ2n) is 14.4. The first-order valence-corrected chi connectivity index (χ1v) is 19.2. The number of rotatable bonds is 8. The molecule has 10 rings (SSSR count). The number of hydrogen-bond acceptors (Lipinski definition) is 2. The molecule has 2 nitrogen and oxygen atoms in total. The van der Waals surface area contributed by atoms with Crippen molar-refractivity contribution < 1.29 is 4.42 Å². The van der Waals surface area contributed by atoms with Crippen LogP contribution in [0.25, 0.3) is 49.8 Å². The van der Waals surface area contributed by atoms with Crippen LogP contribution in [-0.4, -0.2) is 6.04 Å². The normalized spacial score (nSPS) is 16.6. The first-order valence-electron chi connectivity index (χ1n) is 19.2. The van der Waals surface area contributed by atoms with Gasteiger partial charge in [-0.3, -0.25) is 0 Å². The molecule has 2 atom stereocenters. The SMILES string of the molecule is C=C/C=C(\C=C)C1=C(c2ccccc2)C2C(C(c3ccccc3)=C1c1ccccc1)c1cc(-c3ccccc3)ccc1N2c1cccc2c1oc1ccccc12. The number of benzene rings is 7. The van der Waals surface area contributed by atoms with Gasteiger partial charge in [-0.15, -0.1) is 0 Å². The summed E-state index contributed by atoms with van der Waals surface area (Å²) in [6, 6.07) is 65.3. The Balaban J connectivity index is 1.40. The highest BCUT2D eigenvalue weighted by atomic mass is 16.3. The monoisotopic (exact) mass is 717 g/mol. The van der Waals surface area contributed by atoms with Gasteiger partial charge < -0.3 is 9.32 Å². The predicted octanol–water partition coefficient (Wildman–Crippen LogP) is 14.2. The topological polar surface area (TPSA) is 16.4 Å². The van der Waals surface area contributed by atoms with E-state index in [9.17, 15) is 0 Å². The maximum absolute atomic E-state index is 6.85. The van der Waals surface area contributed by atoms with Gasteiger partial charge in [0.05, 0.1) is 11.7 Å². The number of furan rings is 1. The van der Waals surface area contributed by atoms with Gasteiger partial charge in [0.1, 0.15) is 5.58 Å². The molecule has 0 saturated carbocycles. The minimum Gasteiger partial charge on any atom is -0.454 e. The largest absolute Gasteiger partial charge is 0.454 e. The highest BCUT2D eigenvalue weighted by Crippen LogP contribution is 2.62. The Bertz CT molecular complexity index is 2880. The molecule has 2 heterocycles. The van der Waals surface area contributed by atoms with Gasteiger partial charge in [-0.1, -0.05) is 189 Å². The van der Waals surface area contributed by atoms with Gasteiger partial charge in [-0.25, -0.2) is 0 Å². The summed E-state index contributed by atoms with van der Waals surface area (Å²) in [5.74, 6) is -0.0698. The molecule has 0 saturated heterocycles. The average molecular weight is 718 g/mol. The lowest BCUT2D eigenvalue weighted by Gasteiger charge is -2.41. The molecular formula is C54H39NO. The predicted molar refractivity (Wildman–Crippen MR) is 236 cm³/mol. The zero-order chi connectivity index (χ0) is 37.6. The fourth-order valence-corrected chi connectivity index (χ4v) is 9.14. The van der Waals surface area contributed by atoms with E-state index >= 15 is 0 Å². The lowest BCUT2D eigenvalue weighted by atomic mass is 9.67. The molecule has 2 heteroatoms. The maximum Gasteiger partial charge on any atom is 0.159 e. The van der Waals surface area contributed by atoms with Crippen molar-refractivity contribution in [2.45, 2.75) is 12.0 Å².